The lowest BCUT2D eigenvalue weighted by atomic mass is 10.2. The molecule has 2 fully saturated rings. The number of hydrogen-bond acceptors (Lipinski definition) is 2. The van der Waals surface area contributed by atoms with E-state index in [2.05, 4.69) is 22.0 Å². The molecule has 2 rings (SSSR count). The standard InChI is InChI=1S/C12H24N3/c1-2-3-7-14-8-4-12(11-14)15-9-5-13-6-10-15/h12H,2-11H2,1H3/q-1. The van der Waals surface area contributed by atoms with E-state index in [-0.39, 0.29) is 0 Å². The van der Waals surface area contributed by atoms with E-state index in [4.69, 9.17) is 0 Å². The Bertz CT molecular complexity index is 178. The van der Waals surface area contributed by atoms with Crippen molar-refractivity contribution in [3.05, 3.63) is 5.32 Å². The third-order valence-corrected chi connectivity index (χ3v) is 3.68. The van der Waals surface area contributed by atoms with E-state index in [0.717, 1.165) is 19.1 Å². The first kappa shape index (κ1) is 11.4. The highest BCUT2D eigenvalue weighted by Gasteiger charge is 2.26. The van der Waals surface area contributed by atoms with Gasteiger partial charge in [-0.05, 0) is 39.0 Å². The molecule has 0 aromatic rings. The second-order valence-corrected chi connectivity index (χ2v) is 4.80. The number of hydrogen-bond donors (Lipinski definition) is 0. The van der Waals surface area contributed by atoms with E-state index < -0.39 is 0 Å². The van der Waals surface area contributed by atoms with Crippen molar-refractivity contribution in [2.24, 2.45) is 0 Å². The average Bonchev–Trinajstić information content (AvgIpc) is 2.76. The molecular weight excluding hydrogens is 186 g/mol. The zero-order valence-corrected chi connectivity index (χ0v) is 9.99. The molecule has 0 radical (unpaired) electrons. The Kier molecular flexibility index (Phi) is 4.42. The molecule has 0 bridgehead atoms. The fourth-order valence-electron chi connectivity index (χ4n) is 2.68. The van der Waals surface area contributed by atoms with E-state index in [1.165, 1.54) is 52.0 Å². The van der Waals surface area contributed by atoms with Crippen LogP contribution in [0.2, 0.25) is 0 Å². The Hall–Kier alpha value is -0.120. The summed E-state index contributed by atoms with van der Waals surface area (Å²) in [6.07, 6.45) is 4.07. The van der Waals surface area contributed by atoms with Crippen LogP contribution in [-0.4, -0.2) is 61.7 Å². The largest absolute Gasteiger partial charge is 0.660 e. The summed E-state index contributed by atoms with van der Waals surface area (Å²) in [6, 6.07) is 0.831. The van der Waals surface area contributed by atoms with Gasteiger partial charge in [0.15, 0.2) is 0 Å². The molecular formula is C12H24N3-. The summed E-state index contributed by atoms with van der Waals surface area (Å²) in [4.78, 5) is 5.29. The predicted octanol–water partition coefficient (Wildman–Crippen LogP) is 1.55. The summed E-state index contributed by atoms with van der Waals surface area (Å²) in [6.45, 7) is 10.7. The minimum atomic E-state index is 0.831. The maximum atomic E-state index is 4.41. The zero-order valence-electron chi connectivity index (χ0n) is 9.99. The van der Waals surface area contributed by atoms with Gasteiger partial charge in [0.2, 0.25) is 0 Å². The van der Waals surface area contributed by atoms with Gasteiger partial charge in [-0.2, -0.15) is 0 Å². The van der Waals surface area contributed by atoms with Gasteiger partial charge in [-0.1, -0.05) is 13.3 Å². The number of nitrogens with zero attached hydrogens (tertiary/aromatic N) is 3. The monoisotopic (exact) mass is 210 g/mol. The first-order chi connectivity index (χ1) is 7.40. The highest BCUT2D eigenvalue weighted by molar-refractivity contribution is 4.93. The van der Waals surface area contributed by atoms with Crippen molar-refractivity contribution < 1.29 is 0 Å². The van der Waals surface area contributed by atoms with Crippen LogP contribution in [0.4, 0.5) is 0 Å². The van der Waals surface area contributed by atoms with Crippen LogP contribution in [0.5, 0.6) is 0 Å². The molecule has 3 heteroatoms. The fraction of sp³-hybridized carbons (Fsp3) is 1.00. The predicted molar refractivity (Wildman–Crippen MR) is 64.4 cm³/mol. The van der Waals surface area contributed by atoms with Gasteiger partial charge < -0.3 is 15.1 Å². The number of piperazine rings is 1. The number of rotatable bonds is 4. The van der Waals surface area contributed by atoms with Crippen LogP contribution >= 0.6 is 0 Å². The Morgan fingerprint density at radius 2 is 2.00 bits per heavy atom. The van der Waals surface area contributed by atoms with Crippen molar-refractivity contribution in [1.29, 1.82) is 0 Å². The molecule has 2 heterocycles. The molecule has 0 aliphatic carbocycles. The van der Waals surface area contributed by atoms with Crippen molar-refractivity contribution in [3.63, 3.8) is 0 Å². The Balaban J connectivity index is 1.71. The maximum absolute atomic E-state index is 4.41. The van der Waals surface area contributed by atoms with Gasteiger partial charge >= 0.3 is 0 Å². The van der Waals surface area contributed by atoms with Gasteiger partial charge in [0, 0.05) is 12.6 Å². The topological polar surface area (TPSA) is 20.6 Å². The second-order valence-electron chi connectivity index (χ2n) is 4.80. The minimum absolute atomic E-state index is 0.831. The van der Waals surface area contributed by atoms with E-state index >= 15 is 0 Å². The number of unbranched alkanes of at least 4 members (excludes halogenated alkanes) is 1. The SMILES string of the molecule is CCCCN1CCC(N2CC[N-]CC2)C1. The molecule has 0 saturated carbocycles. The first-order valence-corrected chi connectivity index (χ1v) is 6.50. The summed E-state index contributed by atoms with van der Waals surface area (Å²) in [5, 5.41) is 4.41. The van der Waals surface area contributed by atoms with Gasteiger partial charge in [-0.25, -0.2) is 0 Å². The highest BCUT2D eigenvalue weighted by Crippen LogP contribution is 2.17. The average molecular weight is 210 g/mol. The van der Waals surface area contributed by atoms with E-state index in [1.54, 1.807) is 0 Å². The normalized spacial score (nSPS) is 29.8. The Morgan fingerprint density at radius 3 is 2.73 bits per heavy atom. The first-order valence-electron chi connectivity index (χ1n) is 6.50. The number of likely N-dealkylation sites (tertiary alicyclic amines) is 1. The molecule has 2 aliphatic heterocycles. The molecule has 88 valence electrons. The van der Waals surface area contributed by atoms with Crippen molar-refractivity contribution in [1.82, 2.24) is 9.80 Å². The zero-order chi connectivity index (χ0) is 10.5. The van der Waals surface area contributed by atoms with E-state index in [0.29, 0.717) is 0 Å². The van der Waals surface area contributed by atoms with Gasteiger partial charge in [0.1, 0.15) is 0 Å². The molecule has 1 unspecified atom stereocenters. The van der Waals surface area contributed by atoms with Crippen LogP contribution in [0.3, 0.4) is 0 Å². The van der Waals surface area contributed by atoms with Crippen molar-refractivity contribution in [2.75, 3.05) is 45.8 Å². The molecule has 0 N–H and O–H groups in total. The molecule has 3 nitrogen and oxygen atoms in total. The van der Waals surface area contributed by atoms with Crippen LogP contribution in [0, 0.1) is 0 Å². The van der Waals surface area contributed by atoms with Crippen molar-refractivity contribution in [2.45, 2.75) is 32.2 Å². The van der Waals surface area contributed by atoms with Crippen LogP contribution in [0.25, 0.3) is 5.32 Å². The third-order valence-electron chi connectivity index (χ3n) is 3.68. The summed E-state index contributed by atoms with van der Waals surface area (Å²) in [5.74, 6) is 0. The lowest BCUT2D eigenvalue weighted by Crippen LogP contribution is -2.43. The summed E-state index contributed by atoms with van der Waals surface area (Å²) < 4.78 is 0. The van der Waals surface area contributed by atoms with Crippen LogP contribution in [0.15, 0.2) is 0 Å². The second kappa shape index (κ2) is 5.83. The highest BCUT2D eigenvalue weighted by atomic mass is 15.3. The quantitative estimate of drug-likeness (QED) is 0.702. The molecule has 2 saturated heterocycles. The van der Waals surface area contributed by atoms with Gasteiger partial charge in [0.25, 0.3) is 0 Å². The molecule has 2 aliphatic rings. The fourth-order valence-corrected chi connectivity index (χ4v) is 2.68. The lowest BCUT2D eigenvalue weighted by molar-refractivity contribution is 0.195. The van der Waals surface area contributed by atoms with Crippen LogP contribution in [0.1, 0.15) is 26.2 Å². The van der Waals surface area contributed by atoms with Crippen LogP contribution in [-0.2, 0) is 0 Å². The van der Waals surface area contributed by atoms with Crippen molar-refractivity contribution >= 4 is 0 Å². The third kappa shape index (κ3) is 3.16. The smallest absolute Gasteiger partial charge is 0.0233 e. The summed E-state index contributed by atoms with van der Waals surface area (Å²) >= 11 is 0. The molecule has 0 aromatic heterocycles. The van der Waals surface area contributed by atoms with Gasteiger partial charge in [0.05, 0.1) is 0 Å². The van der Waals surface area contributed by atoms with Crippen molar-refractivity contribution in [3.8, 4) is 0 Å². The molecule has 0 spiro atoms. The van der Waals surface area contributed by atoms with E-state index in [1.807, 2.05) is 0 Å². The van der Waals surface area contributed by atoms with E-state index in [9.17, 15) is 0 Å². The minimum Gasteiger partial charge on any atom is -0.660 e. The van der Waals surface area contributed by atoms with Gasteiger partial charge in [-0.3, -0.25) is 0 Å². The van der Waals surface area contributed by atoms with Gasteiger partial charge in [-0.15, -0.1) is 13.1 Å². The van der Waals surface area contributed by atoms with Crippen LogP contribution < -0.4 is 0 Å². The molecule has 15 heavy (non-hydrogen) atoms. The Morgan fingerprint density at radius 1 is 1.20 bits per heavy atom. The molecule has 0 aromatic carbocycles. The summed E-state index contributed by atoms with van der Waals surface area (Å²) in [5.41, 5.74) is 0. The maximum Gasteiger partial charge on any atom is 0.0233 e. The molecule has 0 amide bonds. The molecule has 1 atom stereocenters. The lowest BCUT2D eigenvalue weighted by Gasteiger charge is -2.39. The Labute approximate surface area is 93.8 Å². The summed E-state index contributed by atoms with van der Waals surface area (Å²) in [7, 11) is 0.